The number of aromatic nitrogens is 5. The summed E-state index contributed by atoms with van der Waals surface area (Å²) in [5.41, 5.74) is 7.41. The second-order valence-corrected chi connectivity index (χ2v) is 21.8. The zero-order valence-corrected chi connectivity index (χ0v) is 44.6. The average molecular weight is 1060 g/mol. The van der Waals surface area contributed by atoms with E-state index < -0.39 is 23.5 Å². The number of fused-ring (bicyclic) bond motifs is 1. The Balaban J connectivity index is 0.659. The number of likely N-dealkylation sites (tertiary alicyclic amines) is 1. The molecule has 2 aromatic carbocycles. The third kappa shape index (κ3) is 13.2. The Hall–Kier alpha value is -6.51. The van der Waals surface area contributed by atoms with Gasteiger partial charge in [0, 0.05) is 64.4 Å². The largest absolute Gasteiger partial charge is 0.391 e. The number of aryl methyl sites for hydroxylation is 2. The van der Waals surface area contributed by atoms with Crippen LogP contribution in [0.3, 0.4) is 0 Å². The first-order chi connectivity index (χ1) is 36.7. The Morgan fingerprint density at radius 2 is 1.61 bits per heavy atom. The van der Waals surface area contributed by atoms with Gasteiger partial charge in [-0.15, -0.1) is 16.4 Å². The van der Waals surface area contributed by atoms with Gasteiger partial charge in [-0.05, 0) is 84.7 Å². The molecule has 4 aromatic heterocycles. The SMILES string of the molecule is Cc1ncsc1-c1ccc(CCC(=O)[C@@H]2C[C@@H](O)CN2C(=O)[C@@H](CC(=O)COCCOCCOCC(=O)N2CCN(c3cccc(-c4cnc5ccc(N6CCC[C@@H]6c6cccc(F)c6)nn45)n3)CC2)C(C)(C)C)cc1. The van der Waals surface area contributed by atoms with Crippen molar-refractivity contribution in [3.8, 4) is 21.8 Å². The number of carbonyl (C=O) groups excluding carboxylic acids is 4. The van der Waals surface area contributed by atoms with E-state index in [1.807, 2.05) is 98.4 Å². The zero-order chi connectivity index (χ0) is 53.3. The van der Waals surface area contributed by atoms with Crippen molar-refractivity contribution in [1.29, 1.82) is 0 Å². The van der Waals surface area contributed by atoms with Crippen molar-refractivity contribution < 1.29 is 42.9 Å². The molecule has 0 saturated carbocycles. The molecule has 9 rings (SSSR count). The summed E-state index contributed by atoms with van der Waals surface area (Å²) in [5, 5.41) is 15.6. The van der Waals surface area contributed by atoms with Gasteiger partial charge in [0.25, 0.3) is 0 Å². The molecule has 17 nitrogen and oxygen atoms in total. The molecular formula is C57H68FN9O8S. The quantitative estimate of drug-likeness (QED) is 0.0674. The van der Waals surface area contributed by atoms with Crippen LogP contribution < -0.4 is 9.80 Å². The molecule has 0 radical (unpaired) electrons. The van der Waals surface area contributed by atoms with E-state index in [1.54, 1.807) is 34.6 Å². The first-order valence-electron chi connectivity index (χ1n) is 26.3. The number of ether oxygens (including phenoxy) is 3. The van der Waals surface area contributed by atoms with Gasteiger partial charge in [-0.3, -0.25) is 19.2 Å². The minimum Gasteiger partial charge on any atom is -0.391 e. The molecule has 3 saturated heterocycles. The highest BCUT2D eigenvalue weighted by atomic mass is 32.1. The van der Waals surface area contributed by atoms with Crippen LogP contribution in [-0.4, -0.2) is 154 Å². The normalized spacial score (nSPS) is 18.5. The topological polar surface area (TPSA) is 185 Å². The molecule has 4 atom stereocenters. The van der Waals surface area contributed by atoms with E-state index in [2.05, 4.69) is 19.8 Å². The van der Waals surface area contributed by atoms with Gasteiger partial charge < -0.3 is 38.9 Å². The molecule has 0 bridgehead atoms. The highest BCUT2D eigenvalue weighted by Crippen LogP contribution is 2.37. The number of hydrogen-bond donors (Lipinski definition) is 1. The van der Waals surface area contributed by atoms with Crippen molar-refractivity contribution in [3.63, 3.8) is 0 Å². The van der Waals surface area contributed by atoms with Crippen LogP contribution in [-0.2, 0) is 39.8 Å². The van der Waals surface area contributed by atoms with Crippen molar-refractivity contribution in [2.75, 3.05) is 88.7 Å². The number of aliphatic hydroxyl groups excluding tert-OH is 1. The van der Waals surface area contributed by atoms with Crippen molar-refractivity contribution in [1.82, 2.24) is 34.4 Å². The molecule has 402 valence electrons. The standard InChI is InChI=1S/C57H68FN9O8S/c1-38-55(76-37-60-38)40-16-13-39(14-17-40)15-18-50(70)48-32-43(68)34-66(48)56(72)45(57(2,3)4)31-44(69)35-74-28-26-73-27-29-75-36-54(71)64-24-22-63(23-25-64)52-12-6-10-46(61-52)49-33-59-51-19-20-53(62-67(49)51)65-21-7-11-47(65)41-8-5-9-42(58)30-41/h5-6,8-10,12-14,16-17,19-20,30,33,37,43,45,47-48,68H,7,11,15,18,21-29,31-32,34-36H2,1-4H3/t43-,45-,47-,48+/m1/s1. The first kappa shape index (κ1) is 54.3. The van der Waals surface area contributed by atoms with Crippen LogP contribution in [0.5, 0.6) is 0 Å². The first-order valence-corrected chi connectivity index (χ1v) is 27.2. The van der Waals surface area contributed by atoms with Gasteiger partial charge in [-0.25, -0.2) is 23.9 Å². The summed E-state index contributed by atoms with van der Waals surface area (Å²) in [6.45, 7) is 11.3. The summed E-state index contributed by atoms with van der Waals surface area (Å²) in [6.07, 6.45) is 3.70. The van der Waals surface area contributed by atoms with E-state index in [9.17, 15) is 28.7 Å². The number of thiazole rings is 1. The van der Waals surface area contributed by atoms with Gasteiger partial charge in [0.05, 0.1) is 72.6 Å². The van der Waals surface area contributed by atoms with E-state index >= 15 is 0 Å². The Bertz CT molecular complexity index is 2970. The molecule has 3 aliphatic rings. The number of benzene rings is 2. The number of Topliss-reactive ketones (excluding diaryl/α,β-unsaturated/α-hetero) is 2. The molecule has 19 heteroatoms. The lowest BCUT2D eigenvalue weighted by molar-refractivity contribution is -0.146. The molecule has 6 aromatic rings. The number of anilines is 2. The Kier molecular flexibility index (Phi) is 17.6. The lowest BCUT2D eigenvalue weighted by Gasteiger charge is -2.35. The van der Waals surface area contributed by atoms with Gasteiger partial charge in [0.2, 0.25) is 11.8 Å². The molecule has 3 aliphatic heterocycles. The smallest absolute Gasteiger partial charge is 0.248 e. The third-order valence-corrected chi connectivity index (χ3v) is 15.6. The molecule has 76 heavy (non-hydrogen) atoms. The predicted octanol–water partition coefficient (Wildman–Crippen LogP) is 7.19. The fourth-order valence-corrected chi connectivity index (χ4v) is 11.3. The van der Waals surface area contributed by atoms with Crippen LogP contribution in [0.4, 0.5) is 16.0 Å². The summed E-state index contributed by atoms with van der Waals surface area (Å²) in [4.78, 5) is 76.6. The molecule has 7 heterocycles. The van der Waals surface area contributed by atoms with Crippen LogP contribution in [0.1, 0.15) is 75.7 Å². The monoisotopic (exact) mass is 1060 g/mol. The van der Waals surface area contributed by atoms with E-state index in [1.165, 1.54) is 11.0 Å². The van der Waals surface area contributed by atoms with Gasteiger partial charge in [0.1, 0.15) is 36.4 Å². The Labute approximate surface area is 447 Å². The van der Waals surface area contributed by atoms with Crippen LogP contribution in [0, 0.1) is 24.1 Å². The number of halogens is 1. The van der Waals surface area contributed by atoms with Gasteiger partial charge >= 0.3 is 0 Å². The molecule has 1 N–H and O–H groups in total. The number of hydrogen-bond acceptors (Lipinski definition) is 15. The molecular weight excluding hydrogens is 990 g/mol. The van der Waals surface area contributed by atoms with E-state index in [0.29, 0.717) is 38.2 Å². The molecule has 0 unspecified atom stereocenters. The third-order valence-electron chi connectivity index (χ3n) is 14.6. The molecule has 0 spiro atoms. The fraction of sp³-hybridized carbons (Fsp3) is 0.474. The average Bonchev–Trinajstić information content (AvgIpc) is 4.27. The second-order valence-electron chi connectivity index (χ2n) is 21.0. The van der Waals surface area contributed by atoms with Crippen LogP contribution in [0.25, 0.3) is 27.5 Å². The van der Waals surface area contributed by atoms with Crippen molar-refractivity contribution >= 4 is 52.0 Å². The fourth-order valence-electron chi connectivity index (χ4n) is 10.4. The number of carbonyl (C=O) groups is 4. The number of ketones is 2. The number of β-amino-alcohol motifs (C(OH)–C–C–N with tert-alkyl or cyclic N) is 1. The summed E-state index contributed by atoms with van der Waals surface area (Å²) in [6, 6.07) is 23.9. The number of piperazine rings is 1. The lowest BCUT2D eigenvalue weighted by atomic mass is 9.76. The number of rotatable bonds is 22. The van der Waals surface area contributed by atoms with Crippen LogP contribution in [0.15, 0.2) is 90.6 Å². The van der Waals surface area contributed by atoms with E-state index in [4.69, 9.17) is 24.3 Å². The second kappa shape index (κ2) is 24.7. The van der Waals surface area contributed by atoms with Gasteiger partial charge in [-0.2, -0.15) is 0 Å². The van der Waals surface area contributed by atoms with Crippen LogP contribution in [0.2, 0.25) is 0 Å². The number of nitrogens with zero attached hydrogens (tertiary/aromatic N) is 9. The van der Waals surface area contributed by atoms with E-state index in [0.717, 1.165) is 69.7 Å². The summed E-state index contributed by atoms with van der Waals surface area (Å²) in [5.74, 6) is -0.141. The molecule has 3 fully saturated rings. The zero-order valence-electron chi connectivity index (χ0n) is 43.8. The maximum absolute atomic E-state index is 14.1. The van der Waals surface area contributed by atoms with Crippen molar-refractivity contribution in [2.24, 2.45) is 11.3 Å². The van der Waals surface area contributed by atoms with Gasteiger partial charge in [0.15, 0.2) is 17.2 Å². The number of pyridine rings is 1. The lowest BCUT2D eigenvalue weighted by Crippen LogP contribution is -2.50. The maximum Gasteiger partial charge on any atom is 0.248 e. The highest BCUT2D eigenvalue weighted by molar-refractivity contribution is 7.13. The summed E-state index contributed by atoms with van der Waals surface area (Å²) < 4.78 is 32.9. The van der Waals surface area contributed by atoms with Crippen LogP contribution >= 0.6 is 11.3 Å². The molecule has 2 amide bonds. The maximum atomic E-state index is 14.1. The predicted molar refractivity (Wildman–Crippen MR) is 287 cm³/mol. The Morgan fingerprint density at radius 1 is 0.855 bits per heavy atom. The number of imidazole rings is 1. The summed E-state index contributed by atoms with van der Waals surface area (Å²) in [7, 11) is 0. The van der Waals surface area contributed by atoms with E-state index in [-0.39, 0.29) is 101 Å². The minimum absolute atomic E-state index is 0.0333. The minimum atomic E-state index is -0.821. The number of aliphatic hydroxyl groups is 1. The van der Waals surface area contributed by atoms with Crippen molar-refractivity contribution in [3.05, 3.63) is 113 Å². The van der Waals surface area contributed by atoms with Crippen molar-refractivity contribution in [2.45, 2.75) is 84.4 Å². The highest BCUT2D eigenvalue weighted by Gasteiger charge is 2.44. The number of amides is 2. The molecule has 0 aliphatic carbocycles. The Morgan fingerprint density at radius 3 is 2.34 bits per heavy atom. The van der Waals surface area contributed by atoms with Gasteiger partial charge in [-0.1, -0.05) is 63.2 Å². The summed E-state index contributed by atoms with van der Waals surface area (Å²) >= 11 is 1.59.